The highest BCUT2D eigenvalue weighted by molar-refractivity contribution is 5.94. The minimum atomic E-state index is -0.620. The molecule has 0 aromatic heterocycles. The summed E-state index contributed by atoms with van der Waals surface area (Å²) in [7, 11) is 0. The summed E-state index contributed by atoms with van der Waals surface area (Å²) in [5.74, 6) is -0.845. The van der Waals surface area contributed by atoms with Crippen LogP contribution in [0.15, 0.2) is 5.16 Å². The van der Waals surface area contributed by atoms with E-state index in [-0.39, 0.29) is 12.2 Å². The summed E-state index contributed by atoms with van der Waals surface area (Å²) in [6.45, 7) is 2.93. The van der Waals surface area contributed by atoms with E-state index in [1.807, 2.05) is 0 Å². The second kappa shape index (κ2) is 4.67. The molecule has 0 fully saturated rings. The molecule has 0 spiro atoms. The molecule has 10 heavy (non-hydrogen) atoms. The first kappa shape index (κ1) is 8.81. The van der Waals surface area contributed by atoms with Crippen LogP contribution >= 0.6 is 0 Å². The molecule has 4 heteroatoms. The number of Topliss-reactive ketones (excluding diaryl/α,β-unsaturated/α-hetero) is 1. The van der Waals surface area contributed by atoms with E-state index in [2.05, 4.69) is 9.99 Å². The largest absolute Gasteiger partial charge is 0.342 e. The van der Waals surface area contributed by atoms with Crippen LogP contribution in [-0.2, 0) is 14.4 Å². The number of hydrogen-bond donors (Lipinski definition) is 0. The van der Waals surface area contributed by atoms with Gasteiger partial charge in [0.05, 0.1) is 0 Å². The molecule has 0 N–H and O–H groups in total. The molecule has 0 bridgehead atoms. The first-order valence-electron chi connectivity index (χ1n) is 2.84. The lowest BCUT2D eigenvalue weighted by Gasteiger charge is -1.91. The summed E-state index contributed by atoms with van der Waals surface area (Å²) in [5, 5.41) is 3.20. The Balaban J connectivity index is 3.54. The third kappa shape index (κ3) is 4.96. The van der Waals surface area contributed by atoms with Crippen molar-refractivity contribution in [3.05, 3.63) is 0 Å². The van der Waals surface area contributed by atoms with E-state index in [0.717, 1.165) is 0 Å². The molecule has 0 saturated heterocycles. The predicted octanol–water partition coefficient (Wildman–Crippen LogP) is 0.514. The molecular formula is C6H9NO3. The Kier molecular flexibility index (Phi) is 4.11. The van der Waals surface area contributed by atoms with Crippen LogP contribution in [0.3, 0.4) is 0 Å². The van der Waals surface area contributed by atoms with Gasteiger partial charge in [0, 0.05) is 6.21 Å². The van der Waals surface area contributed by atoms with Crippen molar-refractivity contribution in [2.45, 2.75) is 20.3 Å². The Morgan fingerprint density at radius 1 is 1.60 bits per heavy atom. The Morgan fingerprint density at radius 2 is 2.20 bits per heavy atom. The third-order valence-electron chi connectivity index (χ3n) is 0.653. The highest BCUT2D eigenvalue weighted by atomic mass is 16.7. The summed E-state index contributed by atoms with van der Waals surface area (Å²) >= 11 is 0. The number of nitrogens with zero attached hydrogens (tertiary/aromatic N) is 1. The van der Waals surface area contributed by atoms with Crippen molar-refractivity contribution >= 4 is 18.0 Å². The standard InChI is InChI=1S/C6H9NO3/c1-3-7-10-6(9)4-5(2)8/h3H,4H2,1-2H3/b7-3-. The maximum absolute atomic E-state index is 10.5. The molecule has 0 aliphatic carbocycles. The summed E-state index contributed by atoms with van der Waals surface area (Å²) < 4.78 is 0. The SMILES string of the molecule is C/C=N\OC(=O)CC(C)=O. The van der Waals surface area contributed by atoms with Crippen molar-refractivity contribution < 1.29 is 14.4 Å². The van der Waals surface area contributed by atoms with Crippen LogP contribution in [0.2, 0.25) is 0 Å². The monoisotopic (exact) mass is 143 g/mol. The van der Waals surface area contributed by atoms with E-state index >= 15 is 0 Å². The van der Waals surface area contributed by atoms with Crippen LogP contribution in [0.5, 0.6) is 0 Å². The van der Waals surface area contributed by atoms with Crippen LogP contribution in [0.4, 0.5) is 0 Å². The van der Waals surface area contributed by atoms with Gasteiger partial charge in [-0.3, -0.25) is 4.79 Å². The zero-order valence-electron chi connectivity index (χ0n) is 5.96. The topological polar surface area (TPSA) is 55.7 Å². The van der Waals surface area contributed by atoms with Gasteiger partial charge >= 0.3 is 5.97 Å². The third-order valence-corrected chi connectivity index (χ3v) is 0.653. The number of ketones is 1. The lowest BCUT2D eigenvalue weighted by molar-refractivity contribution is -0.145. The van der Waals surface area contributed by atoms with Gasteiger partial charge in [-0.1, -0.05) is 5.16 Å². The smallest absolute Gasteiger partial charge is 0.318 e. The number of oxime groups is 1. The zero-order chi connectivity index (χ0) is 7.98. The Morgan fingerprint density at radius 3 is 2.60 bits per heavy atom. The van der Waals surface area contributed by atoms with Crippen LogP contribution in [-0.4, -0.2) is 18.0 Å². The molecule has 0 heterocycles. The number of carbonyl (C=O) groups is 2. The maximum Gasteiger partial charge on any atom is 0.342 e. The Bertz CT molecular complexity index is 162. The second-order valence-corrected chi connectivity index (χ2v) is 1.71. The lowest BCUT2D eigenvalue weighted by atomic mass is 10.3. The van der Waals surface area contributed by atoms with Crippen LogP contribution in [0.25, 0.3) is 0 Å². The fourth-order valence-electron chi connectivity index (χ4n) is 0.347. The number of carbonyl (C=O) groups excluding carboxylic acids is 2. The first-order valence-corrected chi connectivity index (χ1v) is 2.84. The first-order chi connectivity index (χ1) is 4.66. The predicted molar refractivity (Wildman–Crippen MR) is 35.6 cm³/mol. The molecule has 0 atom stereocenters. The van der Waals surface area contributed by atoms with Crippen molar-refractivity contribution in [3.63, 3.8) is 0 Å². The molecule has 0 amide bonds. The molecule has 0 saturated carbocycles. The highest BCUT2D eigenvalue weighted by Crippen LogP contribution is 1.87. The van der Waals surface area contributed by atoms with E-state index in [1.165, 1.54) is 13.1 Å². The molecule has 0 unspecified atom stereocenters. The van der Waals surface area contributed by atoms with Gasteiger partial charge in [-0.05, 0) is 13.8 Å². The van der Waals surface area contributed by atoms with E-state index in [0.29, 0.717) is 0 Å². The summed E-state index contributed by atoms with van der Waals surface area (Å²) in [6, 6.07) is 0. The van der Waals surface area contributed by atoms with Gasteiger partial charge in [0.25, 0.3) is 0 Å². The molecular weight excluding hydrogens is 134 g/mol. The zero-order valence-corrected chi connectivity index (χ0v) is 5.96. The van der Waals surface area contributed by atoms with Gasteiger partial charge in [0.2, 0.25) is 0 Å². The Labute approximate surface area is 58.8 Å². The van der Waals surface area contributed by atoms with Gasteiger partial charge < -0.3 is 4.84 Å². The van der Waals surface area contributed by atoms with Gasteiger partial charge in [-0.2, -0.15) is 0 Å². The molecule has 0 rings (SSSR count). The molecule has 0 aliphatic rings. The minimum Gasteiger partial charge on any atom is -0.318 e. The van der Waals surface area contributed by atoms with E-state index in [4.69, 9.17) is 0 Å². The van der Waals surface area contributed by atoms with Crippen molar-refractivity contribution in [1.29, 1.82) is 0 Å². The summed E-state index contributed by atoms with van der Waals surface area (Å²) in [6.07, 6.45) is 1.12. The van der Waals surface area contributed by atoms with Crippen molar-refractivity contribution in [2.24, 2.45) is 5.16 Å². The normalized spacial score (nSPS) is 9.80. The number of hydrogen-bond acceptors (Lipinski definition) is 4. The van der Waals surface area contributed by atoms with Gasteiger partial charge in [0.1, 0.15) is 12.2 Å². The highest BCUT2D eigenvalue weighted by Gasteiger charge is 2.04. The van der Waals surface area contributed by atoms with E-state index in [9.17, 15) is 9.59 Å². The van der Waals surface area contributed by atoms with E-state index < -0.39 is 5.97 Å². The van der Waals surface area contributed by atoms with Gasteiger partial charge in [0.15, 0.2) is 0 Å². The quantitative estimate of drug-likeness (QED) is 0.250. The van der Waals surface area contributed by atoms with E-state index in [1.54, 1.807) is 6.92 Å². The maximum atomic E-state index is 10.5. The van der Waals surface area contributed by atoms with Gasteiger partial charge in [-0.15, -0.1) is 0 Å². The van der Waals surface area contributed by atoms with Crippen LogP contribution < -0.4 is 0 Å². The fraction of sp³-hybridized carbons (Fsp3) is 0.500. The minimum absolute atomic E-state index is 0.211. The Hall–Kier alpha value is -1.19. The molecule has 0 aromatic rings. The average molecular weight is 143 g/mol. The van der Waals surface area contributed by atoms with Crippen LogP contribution in [0, 0.1) is 0 Å². The summed E-state index contributed by atoms with van der Waals surface area (Å²) in [4.78, 5) is 24.9. The molecule has 0 radical (unpaired) electrons. The lowest BCUT2D eigenvalue weighted by Crippen LogP contribution is -2.05. The van der Waals surface area contributed by atoms with Gasteiger partial charge in [-0.25, -0.2) is 4.79 Å². The number of rotatable bonds is 3. The van der Waals surface area contributed by atoms with Crippen molar-refractivity contribution in [3.8, 4) is 0 Å². The molecule has 4 nitrogen and oxygen atoms in total. The average Bonchev–Trinajstić information content (AvgIpc) is 1.82. The molecule has 0 aliphatic heterocycles. The second-order valence-electron chi connectivity index (χ2n) is 1.71. The van der Waals surface area contributed by atoms with Crippen molar-refractivity contribution in [2.75, 3.05) is 0 Å². The van der Waals surface area contributed by atoms with Crippen LogP contribution in [0.1, 0.15) is 20.3 Å². The molecule has 0 aromatic carbocycles. The fourth-order valence-corrected chi connectivity index (χ4v) is 0.347. The molecule has 56 valence electrons. The summed E-state index contributed by atoms with van der Waals surface area (Å²) in [5.41, 5.74) is 0. The van der Waals surface area contributed by atoms with Crippen molar-refractivity contribution in [1.82, 2.24) is 0 Å².